The molecule has 1 rings (SSSR count). The van der Waals surface area contributed by atoms with Crippen molar-refractivity contribution in [1.29, 1.82) is 0 Å². The molecule has 0 aliphatic heterocycles. The zero-order valence-electron chi connectivity index (χ0n) is 8.70. The van der Waals surface area contributed by atoms with E-state index >= 15 is 0 Å². The highest BCUT2D eigenvalue weighted by molar-refractivity contribution is 5.50. The van der Waals surface area contributed by atoms with Crippen molar-refractivity contribution >= 4 is 5.69 Å². The molecule has 1 N–H and O–H groups in total. The van der Waals surface area contributed by atoms with Gasteiger partial charge in [-0.3, -0.25) is 0 Å². The third-order valence-electron chi connectivity index (χ3n) is 1.79. The van der Waals surface area contributed by atoms with E-state index in [0.717, 1.165) is 22.1 Å². The highest BCUT2D eigenvalue weighted by Crippen LogP contribution is 2.19. The van der Waals surface area contributed by atoms with Crippen molar-refractivity contribution in [1.82, 2.24) is 5.06 Å². The molecule has 0 amide bonds. The van der Waals surface area contributed by atoms with Gasteiger partial charge in [0.15, 0.2) is 0 Å². The van der Waals surface area contributed by atoms with Crippen molar-refractivity contribution in [2.75, 3.05) is 26.1 Å². The predicted octanol–water partition coefficient (Wildman–Crippen LogP) is 1.80. The number of nitrogens with one attached hydrogen (secondary N) is 1. The van der Waals surface area contributed by atoms with Crippen molar-refractivity contribution in [2.45, 2.75) is 6.92 Å². The highest BCUT2D eigenvalue weighted by atomic mass is 16.5. The highest BCUT2D eigenvalue weighted by Gasteiger charge is 1.97. The van der Waals surface area contributed by atoms with E-state index in [-0.39, 0.29) is 6.67 Å². The number of aryl methyl sites for hydroxylation is 1. The van der Waals surface area contributed by atoms with Gasteiger partial charge >= 0.3 is 0 Å². The van der Waals surface area contributed by atoms with Crippen LogP contribution in [0.15, 0.2) is 18.2 Å². The monoisotopic (exact) mass is 195 g/mol. The predicted molar refractivity (Wildman–Crippen MR) is 57.4 cm³/mol. The van der Waals surface area contributed by atoms with Crippen molar-refractivity contribution in [3.63, 3.8) is 0 Å². The largest absolute Gasteiger partial charge is 0.784 e. The van der Waals surface area contributed by atoms with Gasteiger partial charge in [-0.25, -0.2) is 0 Å². The van der Waals surface area contributed by atoms with E-state index in [0.29, 0.717) is 0 Å². The summed E-state index contributed by atoms with van der Waals surface area (Å²) in [7, 11) is 3.10. The van der Waals surface area contributed by atoms with E-state index in [2.05, 4.69) is 5.32 Å². The molecule has 0 saturated heterocycles. The van der Waals surface area contributed by atoms with Crippen LogP contribution in [0, 0.1) is 12.1 Å². The molecule has 0 radical (unpaired) electrons. The van der Waals surface area contributed by atoms with Gasteiger partial charge in [-0.05, 0) is 31.7 Å². The second-order valence-electron chi connectivity index (χ2n) is 3.20. The molecule has 0 atom stereocenters. The summed E-state index contributed by atoms with van der Waals surface area (Å²) in [6, 6.07) is 5.76. The van der Waals surface area contributed by atoms with Gasteiger partial charge in [-0.15, -0.1) is 0 Å². The molecule has 0 spiro atoms. The van der Waals surface area contributed by atoms with Gasteiger partial charge < -0.3 is 20.3 Å². The Labute approximate surface area is 84.1 Å². The first-order chi connectivity index (χ1) is 6.61. The lowest BCUT2D eigenvalue weighted by molar-refractivity contribution is 0.414. The minimum Gasteiger partial charge on any atom is -0.784 e. The van der Waals surface area contributed by atoms with Crippen LogP contribution in [0.3, 0.4) is 0 Å². The van der Waals surface area contributed by atoms with Crippen LogP contribution in [0.5, 0.6) is 5.75 Å². The van der Waals surface area contributed by atoms with Crippen molar-refractivity contribution < 1.29 is 4.74 Å². The number of benzene rings is 1. The van der Waals surface area contributed by atoms with Crippen molar-refractivity contribution in [3.8, 4) is 5.75 Å². The fourth-order valence-corrected chi connectivity index (χ4v) is 1.17. The zero-order valence-corrected chi connectivity index (χ0v) is 8.70. The van der Waals surface area contributed by atoms with E-state index in [1.807, 2.05) is 25.1 Å². The van der Waals surface area contributed by atoms with E-state index in [4.69, 9.17) is 4.74 Å². The van der Waals surface area contributed by atoms with Crippen LogP contribution >= 0.6 is 0 Å². The first-order valence-corrected chi connectivity index (χ1v) is 4.39. The summed E-state index contributed by atoms with van der Waals surface area (Å²) in [6.07, 6.45) is 0. The molecule has 0 aliphatic carbocycles. The molecule has 78 valence electrons. The average molecular weight is 195 g/mol. The maximum absolute atomic E-state index is 10.7. The van der Waals surface area contributed by atoms with Gasteiger partial charge in [0, 0.05) is 11.8 Å². The zero-order chi connectivity index (χ0) is 10.6. The van der Waals surface area contributed by atoms with Gasteiger partial charge in [0.2, 0.25) is 0 Å². The summed E-state index contributed by atoms with van der Waals surface area (Å²) in [5.74, 6) is 0.793. The number of ether oxygens (including phenoxy) is 1. The molecular weight excluding hydrogens is 180 g/mol. The smallest absolute Gasteiger partial charge is 0.121 e. The fourth-order valence-electron chi connectivity index (χ4n) is 1.17. The number of nitrogens with zero attached hydrogens (tertiary/aromatic N) is 1. The Morgan fingerprint density at radius 1 is 1.43 bits per heavy atom. The maximum atomic E-state index is 10.7. The van der Waals surface area contributed by atoms with E-state index in [1.54, 1.807) is 7.11 Å². The molecule has 0 unspecified atom stereocenters. The van der Waals surface area contributed by atoms with Crippen molar-refractivity contribution in [3.05, 3.63) is 29.0 Å². The Bertz CT molecular complexity index is 300. The Morgan fingerprint density at radius 2 is 2.14 bits per heavy atom. The van der Waals surface area contributed by atoms with Crippen molar-refractivity contribution in [2.24, 2.45) is 0 Å². The second kappa shape index (κ2) is 4.83. The lowest BCUT2D eigenvalue weighted by atomic mass is 10.2. The van der Waals surface area contributed by atoms with E-state index in [1.165, 1.54) is 7.05 Å². The second-order valence-corrected chi connectivity index (χ2v) is 3.20. The standard InChI is InChI=1S/C10H15N2O2/c1-8-4-9(11-7-12(2)13)6-10(5-8)14-3/h4-6,11H,7H2,1-3H3/q-1. The quantitative estimate of drug-likeness (QED) is 0.588. The van der Waals surface area contributed by atoms with E-state index in [9.17, 15) is 5.21 Å². The summed E-state index contributed by atoms with van der Waals surface area (Å²) in [4.78, 5) is 0. The Balaban J connectivity index is 2.71. The fraction of sp³-hybridized carbons (Fsp3) is 0.400. The maximum Gasteiger partial charge on any atom is 0.121 e. The van der Waals surface area contributed by atoms with Crippen LogP contribution in [0.25, 0.3) is 0 Å². The minimum atomic E-state index is 0.270. The Hall–Kier alpha value is -1.26. The Morgan fingerprint density at radius 3 is 2.71 bits per heavy atom. The Kier molecular flexibility index (Phi) is 3.73. The van der Waals surface area contributed by atoms with Gasteiger partial charge in [0.1, 0.15) is 5.75 Å². The van der Waals surface area contributed by atoms with Crippen LogP contribution in [0.4, 0.5) is 5.69 Å². The average Bonchev–Trinajstić information content (AvgIpc) is 2.14. The summed E-state index contributed by atoms with van der Waals surface area (Å²) in [5, 5.41) is 14.5. The SMILES string of the molecule is COc1cc(C)cc(NCN(C)[O-])c1. The molecule has 0 fully saturated rings. The number of methoxy groups -OCH3 is 1. The van der Waals surface area contributed by atoms with E-state index < -0.39 is 0 Å². The normalized spacial score (nSPS) is 10.4. The van der Waals surface area contributed by atoms with Crippen LogP contribution in [-0.2, 0) is 0 Å². The molecule has 0 aromatic heterocycles. The number of hydrogen-bond acceptors (Lipinski definition) is 4. The van der Waals surface area contributed by atoms with Gasteiger partial charge in [-0.1, -0.05) is 0 Å². The number of rotatable bonds is 4. The molecular formula is C10H15N2O2-. The van der Waals surface area contributed by atoms with Gasteiger partial charge in [-0.2, -0.15) is 0 Å². The van der Waals surface area contributed by atoms with Crippen LogP contribution in [0.2, 0.25) is 0 Å². The number of anilines is 1. The minimum absolute atomic E-state index is 0.270. The number of hydrogen-bond donors (Lipinski definition) is 1. The third kappa shape index (κ3) is 3.24. The molecule has 1 aromatic carbocycles. The molecule has 0 bridgehead atoms. The molecule has 0 saturated carbocycles. The summed E-state index contributed by atoms with van der Waals surface area (Å²) in [5.41, 5.74) is 1.99. The summed E-state index contributed by atoms with van der Waals surface area (Å²) in [6.45, 7) is 2.25. The first-order valence-electron chi connectivity index (χ1n) is 4.39. The molecule has 4 nitrogen and oxygen atoms in total. The molecule has 0 heterocycles. The van der Waals surface area contributed by atoms with Gasteiger partial charge in [0.25, 0.3) is 0 Å². The van der Waals surface area contributed by atoms with Crippen LogP contribution in [-0.4, -0.2) is 25.9 Å². The van der Waals surface area contributed by atoms with Gasteiger partial charge in [0.05, 0.1) is 13.8 Å². The summed E-state index contributed by atoms with van der Waals surface area (Å²) < 4.78 is 5.11. The topological polar surface area (TPSA) is 47.6 Å². The summed E-state index contributed by atoms with van der Waals surface area (Å²) >= 11 is 0. The third-order valence-corrected chi connectivity index (χ3v) is 1.79. The lowest BCUT2D eigenvalue weighted by Gasteiger charge is -2.23. The van der Waals surface area contributed by atoms with Crippen LogP contribution in [0.1, 0.15) is 5.56 Å². The molecule has 14 heavy (non-hydrogen) atoms. The molecule has 1 aromatic rings. The molecule has 0 aliphatic rings. The van der Waals surface area contributed by atoms with Crippen LogP contribution < -0.4 is 10.1 Å². The lowest BCUT2D eigenvalue weighted by Crippen LogP contribution is -2.18. The first kappa shape index (κ1) is 10.8. The molecule has 4 heteroatoms. The number of hydroxylamine groups is 2.